The minimum atomic E-state index is -3.87. The summed E-state index contributed by atoms with van der Waals surface area (Å²) in [4.78, 5) is 11.9. The molecule has 8 heteroatoms. The number of primary sulfonamides is 1. The lowest BCUT2D eigenvalue weighted by molar-refractivity contribution is 0.0176. The first-order valence-electron chi connectivity index (χ1n) is 5.97. The molecular formula is C12H15BrN2O4S. The number of hydrogen-bond donors (Lipinski definition) is 2. The predicted molar refractivity (Wildman–Crippen MR) is 76.8 cm³/mol. The van der Waals surface area contributed by atoms with E-state index >= 15 is 0 Å². The Morgan fingerprint density at radius 1 is 1.45 bits per heavy atom. The fourth-order valence-corrected chi connectivity index (χ4v) is 3.56. The Kier molecular flexibility index (Phi) is 4.48. The van der Waals surface area contributed by atoms with Gasteiger partial charge < -0.3 is 10.1 Å². The van der Waals surface area contributed by atoms with Gasteiger partial charge in [0.15, 0.2) is 0 Å². The lowest BCUT2D eigenvalue weighted by Gasteiger charge is -2.34. The van der Waals surface area contributed by atoms with E-state index < -0.39 is 10.0 Å². The summed E-state index contributed by atoms with van der Waals surface area (Å²) in [6.45, 7) is 0. The first-order chi connectivity index (χ1) is 9.31. The molecule has 0 heterocycles. The highest BCUT2D eigenvalue weighted by molar-refractivity contribution is 9.10. The third-order valence-corrected chi connectivity index (χ3v) is 5.17. The summed E-state index contributed by atoms with van der Waals surface area (Å²) >= 11 is 3.10. The molecule has 0 aromatic heterocycles. The van der Waals surface area contributed by atoms with Crippen LogP contribution in [0, 0.1) is 0 Å². The highest BCUT2D eigenvalue weighted by atomic mass is 79.9. The van der Waals surface area contributed by atoms with E-state index in [1.165, 1.54) is 12.1 Å². The van der Waals surface area contributed by atoms with Crippen LogP contribution < -0.4 is 10.5 Å². The number of rotatable bonds is 4. The zero-order valence-corrected chi connectivity index (χ0v) is 13.2. The molecule has 0 aliphatic heterocycles. The van der Waals surface area contributed by atoms with Crippen LogP contribution in [-0.4, -0.2) is 33.6 Å². The summed E-state index contributed by atoms with van der Waals surface area (Å²) in [6.07, 6.45) is 1.71. The number of halogens is 1. The Labute approximate surface area is 125 Å². The van der Waals surface area contributed by atoms with E-state index in [2.05, 4.69) is 21.2 Å². The standard InChI is InChI=1S/C12H15BrN2O4S/c1-19-9-5-8(6-9)15-12(16)7-2-3-10(13)11(4-7)20(14,17)18/h2-4,8-9H,5-6H2,1H3,(H,15,16)(H2,14,17,18). The van der Waals surface area contributed by atoms with Gasteiger partial charge in [0.2, 0.25) is 10.0 Å². The molecule has 3 N–H and O–H groups in total. The maximum atomic E-state index is 12.0. The van der Waals surface area contributed by atoms with E-state index in [4.69, 9.17) is 9.88 Å². The van der Waals surface area contributed by atoms with Crippen LogP contribution in [0.25, 0.3) is 0 Å². The van der Waals surface area contributed by atoms with Gasteiger partial charge in [-0.3, -0.25) is 4.79 Å². The number of carbonyl (C=O) groups excluding carboxylic acids is 1. The predicted octanol–water partition coefficient (Wildman–Crippen LogP) is 1.00. The Bertz CT molecular complexity index is 626. The van der Waals surface area contributed by atoms with Gasteiger partial charge in [0, 0.05) is 23.2 Å². The molecule has 6 nitrogen and oxygen atoms in total. The first kappa shape index (κ1) is 15.4. The summed E-state index contributed by atoms with van der Waals surface area (Å²) in [7, 11) is -2.23. The van der Waals surface area contributed by atoms with Crippen molar-refractivity contribution in [2.24, 2.45) is 5.14 Å². The third-order valence-electron chi connectivity index (χ3n) is 3.26. The van der Waals surface area contributed by atoms with Crippen molar-refractivity contribution in [2.45, 2.75) is 29.9 Å². The molecule has 1 aromatic carbocycles. The van der Waals surface area contributed by atoms with Gasteiger partial charge in [-0.1, -0.05) is 0 Å². The fraction of sp³-hybridized carbons (Fsp3) is 0.417. The van der Waals surface area contributed by atoms with E-state index in [0.29, 0.717) is 4.47 Å². The van der Waals surface area contributed by atoms with Crippen molar-refractivity contribution in [3.8, 4) is 0 Å². The molecule has 1 aliphatic carbocycles. The van der Waals surface area contributed by atoms with E-state index in [9.17, 15) is 13.2 Å². The molecule has 1 aromatic rings. The van der Waals surface area contributed by atoms with Gasteiger partial charge in [-0.25, -0.2) is 13.6 Å². The largest absolute Gasteiger partial charge is 0.381 e. The quantitative estimate of drug-likeness (QED) is 0.834. The summed E-state index contributed by atoms with van der Waals surface area (Å²) in [5.74, 6) is -0.318. The Morgan fingerprint density at radius 2 is 2.10 bits per heavy atom. The van der Waals surface area contributed by atoms with Crippen LogP contribution in [0.2, 0.25) is 0 Å². The molecule has 0 saturated heterocycles. The van der Waals surface area contributed by atoms with Crippen molar-refractivity contribution in [1.29, 1.82) is 0 Å². The fourth-order valence-electron chi connectivity index (χ4n) is 2.01. The maximum absolute atomic E-state index is 12.0. The molecule has 110 valence electrons. The van der Waals surface area contributed by atoms with Crippen LogP contribution in [0.1, 0.15) is 23.2 Å². The van der Waals surface area contributed by atoms with Crippen LogP contribution in [0.3, 0.4) is 0 Å². The first-order valence-corrected chi connectivity index (χ1v) is 8.31. The van der Waals surface area contributed by atoms with Crippen LogP contribution >= 0.6 is 15.9 Å². The van der Waals surface area contributed by atoms with Gasteiger partial charge in [-0.2, -0.15) is 0 Å². The van der Waals surface area contributed by atoms with E-state index in [0.717, 1.165) is 12.8 Å². The topological polar surface area (TPSA) is 98.5 Å². The molecule has 0 spiro atoms. The van der Waals surface area contributed by atoms with Crippen LogP contribution in [0.4, 0.5) is 0 Å². The van der Waals surface area contributed by atoms with E-state index in [1.807, 2.05) is 0 Å². The Morgan fingerprint density at radius 3 is 2.65 bits per heavy atom. The summed E-state index contributed by atoms with van der Waals surface area (Å²) in [5, 5.41) is 7.92. The highest BCUT2D eigenvalue weighted by Gasteiger charge is 2.30. The van der Waals surface area contributed by atoms with Gasteiger partial charge in [0.05, 0.1) is 11.0 Å². The minimum Gasteiger partial charge on any atom is -0.381 e. The second-order valence-corrected chi connectivity index (χ2v) is 7.07. The number of hydrogen-bond acceptors (Lipinski definition) is 4. The van der Waals surface area contributed by atoms with Gasteiger partial charge in [0.1, 0.15) is 0 Å². The molecule has 1 saturated carbocycles. The molecule has 1 aliphatic rings. The third kappa shape index (κ3) is 3.38. The normalized spacial score (nSPS) is 22.1. The number of methoxy groups -OCH3 is 1. The molecule has 0 atom stereocenters. The average molecular weight is 363 g/mol. The molecule has 0 radical (unpaired) electrons. The van der Waals surface area contributed by atoms with Crippen molar-refractivity contribution in [3.05, 3.63) is 28.2 Å². The van der Waals surface area contributed by atoms with Crippen molar-refractivity contribution in [3.63, 3.8) is 0 Å². The Balaban J connectivity index is 2.11. The van der Waals surface area contributed by atoms with Crippen molar-refractivity contribution in [1.82, 2.24) is 5.32 Å². The van der Waals surface area contributed by atoms with Crippen LogP contribution in [0.15, 0.2) is 27.6 Å². The summed E-state index contributed by atoms with van der Waals surface area (Å²) < 4.78 is 28.3. The number of amides is 1. The number of benzene rings is 1. The smallest absolute Gasteiger partial charge is 0.251 e. The summed E-state index contributed by atoms with van der Waals surface area (Å²) in [6, 6.07) is 4.36. The second-order valence-electron chi connectivity index (χ2n) is 4.69. The van der Waals surface area contributed by atoms with Gasteiger partial charge in [-0.15, -0.1) is 0 Å². The molecule has 1 amide bonds. The van der Waals surface area contributed by atoms with Gasteiger partial charge in [0.25, 0.3) is 5.91 Å². The maximum Gasteiger partial charge on any atom is 0.251 e. The van der Waals surface area contributed by atoms with E-state index in [-0.39, 0.29) is 28.5 Å². The van der Waals surface area contributed by atoms with Gasteiger partial charge >= 0.3 is 0 Å². The van der Waals surface area contributed by atoms with Crippen LogP contribution in [-0.2, 0) is 14.8 Å². The second kappa shape index (κ2) is 5.80. The van der Waals surface area contributed by atoms with Crippen molar-refractivity contribution >= 4 is 31.9 Å². The number of nitrogens with two attached hydrogens (primary N) is 1. The number of carbonyl (C=O) groups is 1. The summed E-state index contributed by atoms with van der Waals surface area (Å²) in [5.41, 5.74) is 0.262. The number of sulfonamides is 1. The van der Waals surface area contributed by atoms with Gasteiger partial charge in [-0.05, 0) is 47.0 Å². The molecule has 1 fully saturated rings. The highest BCUT2D eigenvalue weighted by Crippen LogP contribution is 2.24. The Hall–Kier alpha value is -0.960. The molecule has 0 bridgehead atoms. The lowest BCUT2D eigenvalue weighted by atomic mass is 9.89. The van der Waals surface area contributed by atoms with Crippen LogP contribution in [0.5, 0.6) is 0 Å². The number of nitrogens with one attached hydrogen (secondary N) is 1. The molecule has 0 unspecified atom stereocenters. The molecule has 2 rings (SSSR count). The molecule has 20 heavy (non-hydrogen) atoms. The minimum absolute atomic E-state index is 0.0639. The zero-order valence-electron chi connectivity index (χ0n) is 10.8. The lowest BCUT2D eigenvalue weighted by Crippen LogP contribution is -2.47. The average Bonchev–Trinajstić information content (AvgIpc) is 2.32. The zero-order chi connectivity index (χ0) is 14.9. The SMILES string of the molecule is COC1CC(NC(=O)c2ccc(Br)c(S(N)(=O)=O)c2)C1. The monoisotopic (exact) mass is 362 g/mol. The molecular weight excluding hydrogens is 348 g/mol. The number of ether oxygens (including phenoxy) is 1. The van der Waals surface area contributed by atoms with Crippen molar-refractivity contribution in [2.75, 3.05) is 7.11 Å². The van der Waals surface area contributed by atoms with Crippen molar-refractivity contribution < 1.29 is 17.9 Å². The van der Waals surface area contributed by atoms with E-state index in [1.54, 1.807) is 13.2 Å².